The lowest BCUT2D eigenvalue weighted by atomic mass is 10.2. The molecular formula is C18H20N4O4. The normalized spacial score (nSPS) is 11.8. The lowest BCUT2D eigenvalue weighted by Gasteiger charge is -2.17. The maximum absolute atomic E-state index is 12.5. The van der Waals surface area contributed by atoms with E-state index in [1.807, 2.05) is 0 Å². The first kappa shape index (κ1) is 17.4. The monoisotopic (exact) mass is 356 g/mol. The Morgan fingerprint density at radius 2 is 1.62 bits per heavy atom. The van der Waals surface area contributed by atoms with E-state index < -0.39 is 6.04 Å². The molecule has 0 radical (unpaired) electrons. The number of hydrogen-bond acceptors (Lipinski definition) is 5. The minimum atomic E-state index is -0.507. The van der Waals surface area contributed by atoms with Gasteiger partial charge in [-0.2, -0.15) is 0 Å². The average molecular weight is 356 g/mol. The van der Waals surface area contributed by atoms with Gasteiger partial charge in [0.15, 0.2) is 0 Å². The van der Waals surface area contributed by atoms with Crippen LogP contribution in [0.5, 0.6) is 11.5 Å². The molecule has 1 heterocycles. The molecule has 4 N–H and O–H groups in total. The van der Waals surface area contributed by atoms with E-state index in [9.17, 15) is 9.59 Å². The Morgan fingerprint density at radius 3 is 2.27 bits per heavy atom. The second-order valence-corrected chi connectivity index (χ2v) is 5.80. The molecule has 1 unspecified atom stereocenters. The number of amides is 1. The molecule has 1 atom stereocenters. The number of carbonyl (C=O) groups is 1. The highest BCUT2D eigenvalue weighted by Crippen LogP contribution is 2.26. The largest absolute Gasteiger partial charge is 0.497 e. The van der Waals surface area contributed by atoms with E-state index in [1.54, 1.807) is 57.5 Å². The molecule has 0 fully saturated rings. The van der Waals surface area contributed by atoms with E-state index in [1.165, 1.54) is 0 Å². The molecule has 0 aliphatic rings. The number of aromatic nitrogens is 2. The second-order valence-electron chi connectivity index (χ2n) is 5.80. The van der Waals surface area contributed by atoms with E-state index in [4.69, 9.17) is 9.47 Å². The number of fused-ring (bicyclic) bond motifs is 1. The Kier molecular flexibility index (Phi) is 4.83. The van der Waals surface area contributed by atoms with Gasteiger partial charge in [0.2, 0.25) is 5.91 Å². The second kappa shape index (κ2) is 7.22. The van der Waals surface area contributed by atoms with Gasteiger partial charge in [-0.1, -0.05) is 0 Å². The van der Waals surface area contributed by atoms with Crippen LogP contribution in [0.4, 0.5) is 11.4 Å². The minimum Gasteiger partial charge on any atom is -0.497 e. The summed E-state index contributed by atoms with van der Waals surface area (Å²) in [5, 5.41) is 5.94. The van der Waals surface area contributed by atoms with Crippen molar-refractivity contribution in [3.8, 4) is 11.5 Å². The van der Waals surface area contributed by atoms with E-state index in [-0.39, 0.29) is 11.6 Å². The molecule has 1 aromatic heterocycles. The molecule has 8 heteroatoms. The van der Waals surface area contributed by atoms with Crippen LogP contribution in [0.15, 0.2) is 41.2 Å². The lowest BCUT2D eigenvalue weighted by molar-refractivity contribution is -0.116. The van der Waals surface area contributed by atoms with Crippen molar-refractivity contribution in [3.05, 3.63) is 46.9 Å². The number of nitrogens with one attached hydrogen (secondary N) is 4. The topological polar surface area (TPSA) is 108 Å². The molecule has 3 aromatic rings. The predicted molar refractivity (Wildman–Crippen MR) is 100 cm³/mol. The van der Waals surface area contributed by atoms with Crippen LogP contribution in [0.1, 0.15) is 6.92 Å². The van der Waals surface area contributed by atoms with Crippen molar-refractivity contribution in [3.63, 3.8) is 0 Å². The highest BCUT2D eigenvalue weighted by atomic mass is 16.5. The van der Waals surface area contributed by atoms with Gasteiger partial charge in [0, 0.05) is 29.6 Å². The minimum absolute atomic E-state index is 0.219. The standard InChI is InChI=1S/C18H20N4O4/c1-10(19-12-6-13(25-2)9-14(7-12)26-3)17(23)20-11-4-5-15-16(8-11)22-18(24)21-15/h4-10,19H,1-3H3,(H,20,23)(H2,21,22,24). The maximum Gasteiger partial charge on any atom is 0.323 e. The molecule has 0 aliphatic carbocycles. The number of H-pyrrole nitrogens is 2. The Balaban J connectivity index is 1.71. The van der Waals surface area contributed by atoms with Gasteiger partial charge in [-0.05, 0) is 25.1 Å². The van der Waals surface area contributed by atoms with Gasteiger partial charge in [-0.3, -0.25) is 4.79 Å². The molecule has 0 aliphatic heterocycles. The summed E-state index contributed by atoms with van der Waals surface area (Å²) in [4.78, 5) is 29.1. The number of methoxy groups -OCH3 is 2. The summed E-state index contributed by atoms with van der Waals surface area (Å²) < 4.78 is 10.5. The van der Waals surface area contributed by atoms with Gasteiger partial charge in [-0.25, -0.2) is 4.79 Å². The highest BCUT2D eigenvalue weighted by molar-refractivity contribution is 5.97. The zero-order chi connectivity index (χ0) is 18.7. The lowest BCUT2D eigenvalue weighted by Crippen LogP contribution is -2.31. The van der Waals surface area contributed by atoms with Gasteiger partial charge in [0.05, 0.1) is 25.3 Å². The number of carbonyl (C=O) groups excluding carboxylic acids is 1. The molecule has 136 valence electrons. The molecule has 0 spiro atoms. The smallest absolute Gasteiger partial charge is 0.323 e. The molecule has 0 bridgehead atoms. The van der Waals surface area contributed by atoms with Crippen LogP contribution in [0.2, 0.25) is 0 Å². The number of anilines is 2. The third-order valence-corrected chi connectivity index (χ3v) is 3.91. The fourth-order valence-corrected chi connectivity index (χ4v) is 2.57. The zero-order valence-electron chi connectivity index (χ0n) is 14.7. The van der Waals surface area contributed by atoms with Crippen molar-refractivity contribution in [1.82, 2.24) is 9.97 Å². The Morgan fingerprint density at radius 1 is 0.962 bits per heavy atom. The van der Waals surface area contributed by atoms with Crippen molar-refractivity contribution in [2.75, 3.05) is 24.9 Å². The molecule has 8 nitrogen and oxygen atoms in total. The first-order chi connectivity index (χ1) is 12.5. The maximum atomic E-state index is 12.5. The number of aromatic amines is 2. The number of hydrogen-bond donors (Lipinski definition) is 4. The summed E-state index contributed by atoms with van der Waals surface area (Å²) in [6, 6.07) is 9.97. The summed E-state index contributed by atoms with van der Waals surface area (Å²) in [6.07, 6.45) is 0. The van der Waals surface area contributed by atoms with Crippen molar-refractivity contribution in [2.45, 2.75) is 13.0 Å². The first-order valence-electron chi connectivity index (χ1n) is 8.01. The van der Waals surface area contributed by atoms with Crippen LogP contribution in [0, 0.1) is 0 Å². The molecule has 0 saturated carbocycles. The summed E-state index contributed by atoms with van der Waals surface area (Å²) in [5.74, 6) is 1.03. The Labute approximate surface area is 149 Å². The SMILES string of the molecule is COc1cc(NC(C)C(=O)Nc2ccc3[nH]c(=O)[nH]c3c2)cc(OC)c1. The summed E-state index contributed by atoms with van der Waals surface area (Å²) >= 11 is 0. The summed E-state index contributed by atoms with van der Waals surface area (Å²) in [5.41, 5.74) is 2.32. The molecule has 2 aromatic carbocycles. The van der Waals surface area contributed by atoms with Crippen LogP contribution < -0.4 is 25.8 Å². The number of imidazole rings is 1. The van der Waals surface area contributed by atoms with Crippen molar-refractivity contribution in [1.29, 1.82) is 0 Å². The van der Waals surface area contributed by atoms with Crippen LogP contribution in [-0.2, 0) is 4.79 Å². The fraction of sp³-hybridized carbons (Fsp3) is 0.222. The molecule has 0 saturated heterocycles. The van der Waals surface area contributed by atoms with Crippen molar-refractivity contribution >= 4 is 28.3 Å². The Hall–Kier alpha value is -3.42. The summed E-state index contributed by atoms with van der Waals surface area (Å²) in [6.45, 7) is 1.75. The van der Waals surface area contributed by atoms with E-state index in [2.05, 4.69) is 20.6 Å². The third kappa shape index (κ3) is 3.80. The van der Waals surface area contributed by atoms with Crippen LogP contribution in [0.25, 0.3) is 11.0 Å². The van der Waals surface area contributed by atoms with E-state index in [0.29, 0.717) is 33.9 Å². The van der Waals surface area contributed by atoms with Gasteiger partial charge >= 0.3 is 5.69 Å². The third-order valence-electron chi connectivity index (χ3n) is 3.91. The van der Waals surface area contributed by atoms with Crippen molar-refractivity contribution in [2.24, 2.45) is 0 Å². The number of ether oxygens (including phenoxy) is 2. The number of rotatable bonds is 6. The van der Waals surface area contributed by atoms with Crippen LogP contribution in [-0.4, -0.2) is 36.1 Å². The van der Waals surface area contributed by atoms with E-state index >= 15 is 0 Å². The average Bonchev–Trinajstić information content (AvgIpc) is 3.00. The van der Waals surface area contributed by atoms with Crippen molar-refractivity contribution < 1.29 is 14.3 Å². The fourth-order valence-electron chi connectivity index (χ4n) is 2.57. The predicted octanol–water partition coefficient (Wildman–Crippen LogP) is 2.31. The van der Waals surface area contributed by atoms with Gasteiger partial charge in [0.1, 0.15) is 17.5 Å². The first-order valence-corrected chi connectivity index (χ1v) is 8.01. The number of benzene rings is 2. The highest BCUT2D eigenvalue weighted by Gasteiger charge is 2.14. The quantitative estimate of drug-likeness (QED) is 0.542. The van der Waals surface area contributed by atoms with Gasteiger partial charge in [-0.15, -0.1) is 0 Å². The molecular weight excluding hydrogens is 336 g/mol. The van der Waals surface area contributed by atoms with Gasteiger partial charge in [0.25, 0.3) is 0 Å². The molecule has 26 heavy (non-hydrogen) atoms. The van der Waals surface area contributed by atoms with Crippen LogP contribution >= 0.6 is 0 Å². The molecule has 3 rings (SSSR count). The van der Waals surface area contributed by atoms with Crippen LogP contribution in [0.3, 0.4) is 0 Å². The Bertz CT molecular complexity index is 970. The zero-order valence-corrected chi connectivity index (χ0v) is 14.7. The van der Waals surface area contributed by atoms with E-state index in [0.717, 1.165) is 0 Å². The summed E-state index contributed by atoms with van der Waals surface area (Å²) in [7, 11) is 3.13. The molecule has 1 amide bonds. The van der Waals surface area contributed by atoms with Gasteiger partial charge < -0.3 is 30.1 Å².